The van der Waals surface area contributed by atoms with Crippen molar-refractivity contribution in [1.29, 1.82) is 0 Å². The molecule has 0 aliphatic heterocycles. The van der Waals surface area contributed by atoms with Gasteiger partial charge in [-0.1, -0.05) is 44.5 Å². The highest BCUT2D eigenvalue weighted by atomic mass is 16.4. The van der Waals surface area contributed by atoms with Crippen LogP contribution in [-0.2, 0) is 11.2 Å². The Labute approximate surface area is 116 Å². The summed E-state index contributed by atoms with van der Waals surface area (Å²) in [5.41, 5.74) is 2.51. The fourth-order valence-corrected chi connectivity index (χ4v) is 2.39. The maximum absolute atomic E-state index is 11.2. The minimum Gasteiger partial charge on any atom is -0.480 e. The van der Waals surface area contributed by atoms with Gasteiger partial charge in [0.1, 0.15) is 6.04 Å². The molecule has 2 unspecified atom stereocenters. The maximum atomic E-state index is 11.2. The Bertz CT molecular complexity index is 400. The van der Waals surface area contributed by atoms with Crippen LogP contribution in [0.25, 0.3) is 0 Å². The van der Waals surface area contributed by atoms with Gasteiger partial charge >= 0.3 is 5.97 Å². The lowest BCUT2D eigenvalue weighted by atomic mass is 10.0. The molecule has 0 radical (unpaired) electrons. The topological polar surface area (TPSA) is 40.5 Å². The van der Waals surface area contributed by atoms with Gasteiger partial charge in [0.05, 0.1) is 0 Å². The third-order valence-corrected chi connectivity index (χ3v) is 3.78. The Morgan fingerprint density at radius 1 is 1.26 bits per heavy atom. The number of carbonyl (C=O) groups is 1. The minimum absolute atomic E-state index is 0.108. The lowest BCUT2D eigenvalue weighted by Crippen LogP contribution is -2.39. The molecule has 0 fully saturated rings. The number of aryl methyl sites for hydroxylation is 1. The fourth-order valence-electron chi connectivity index (χ4n) is 2.39. The summed E-state index contributed by atoms with van der Waals surface area (Å²) in [6.45, 7) is 6.13. The molecule has 0 saturated heterocycles. The van der Waals surface area contributed by atoms with Crippen LogP contribution in [0.4, 0.5) is 0 Å². The van der Waals surface area contributed by atoms with Gasteiger partial charge in [-0.15, -0.1) is 0 Å². The van der Waals surface area contributed by atoms with Crippen molar-refractivity contribution in [3.05, 3.63) is 35.4 Å². The zero-order valence-corrected chi connectivity index (χ0v) is 12.4. The van der Waals surface area contributed by atoms with Crippen molar-refractivity contribution in [2.45, 2.75) is 52.1 Å². The van der Waals surface area contributed by atoms with Crippen molar-refractivity contribution in [2.75, 3.05) is 7.05 Å². The summed E-state index contributed by atoms with van der Waals surface area (Å²) in [6.07, 6.45) is 2.85. The van der Waals surface area contributed by atoms with E-state index in [2.05, 4.69) is 38.1 Å². The quantitative estimate of drug-likeness (QED) is 0.818. The van der Waals surface area contributed by atoms with E-state index >= 15 is 0 Å². The van der Waals surface area contributed by atoms with E-state index in [0.717, 1.165) is 12.8 Å². The molecule has 1 aromatic rings. The monoisotopic (exact) mass is 263 g/mol. The summed E-state index contributed by atoms with van der Waals surface area (Å²) in [5, 5.41) is 9.21. The van der Waals surface area contributed by atoms with Crippen molar-refractivity contribution in [3.63, 3.8) is 0 Å². The summed E-state index contributed by atoms with van der Waals surface area (Å²) >= 11 is 0. The van der Waals surface area contributed by atoms with E-state index in [9.17, 15) is 9.90 Å². The maximum Gasteiger partial charge on any atom is 0.320 e. The summed E-state index contributed by atoms with van der Waals surface area (Å²) in [4.78, 5) is 13.1. The molecule has 3 nitrogen and oxygen atoms in total. The first-order valence-electron chi connectivity index (χ1n) is 7.04. The van der Waals surface area contributed by atoms with Crippen LogP contribution in [0, 0.1) is 0 Å². The summed E-state index contributed by atoms with van der Waals surface area (Å²) in [6, 6.07) is 8.19. The van der Waals surface area contributed by atoms with Crippen molar-refractivity contribution in [3.8, 4) is 0 Å². The molecule has 0 aliphatic rings. The smallest absolute Gasteiger partial charge is 0.320 e. The van der Waals surface area contributed by atoms with Crippen LogP contribution < -0.4 is 0 Å². The van der Waals surface area contributed by atoms with E-state index in [-0.39, 0.29) is 6.04 Å². The summed E-state index contributed by atoms with van der Waals surface area (Å²) in [7, 11) is 1.88. The van der Waals surface area contributed by atoms with Crippen LogP contribution in [0.15, 0.2) is 24.3 Å². The molecular weight excluding hydrogens is 238 g/mol. The number of benzene rings is 1. The predicted molar refractivity (Wildman–Crippen MR) is 78.3 cm³/mol. The minimum atomic E-state index is -0.751. The number of carboxylic acids is 1. The number of nitrogens with zero attached hydrogens (tertiary/aromatic N) is 1. The predicted octanol–water partition coefficient (Wildman–Crippen LogP) is 3.50. The average molecular weight is 263 g/mol. The van der Waals surface area contributed by atoms with Crippen LogP contribution in [0.3, 0.4) is 0 Å². The highest BCUT2D eigenvalue weighted by Crippen LogP contribution is 2.22. The summed E-state index contributed by atoms with van der Waals surface area (Å²) < 4.78 is 0. The van der Waals surface area contributed by atoms with Gasteiger partial charge in [0, 0.05) is 6.04 Å². The third kappa shape index (κ3) is 4.06. The first kappa shape index (κ1) is 15.7. The van der Waals surface area contributed by atoms with E-state index in [0.29, 0.717) is 6.42 Å². The Morgan fingerprint density at radius 2 is 1.84 bits per heavy atom. The zero-order chi connectivity index (χ0) is 14.4. The number of hydrogen-bond donors (Lipinski definition) is 1. The van der Waals surface area contributed by atoms with Gasteiger partial charge < -0.3 is 5.11 Å². The first-order valence-corrected chi connectivity index (χ1v) is 7.04. The molecule has 2 atom stereocenters. The first-order chi connectivity index (χ1) is 9.01. The third-order valence-electron chi connectivity index (χ3n) is 3.78. The number of hydrogen-bond acceptors (Lipinski definition) is 2. The average Bonchev–Trinajstić information content (AvgIpc) is 2.39. The van der Waals surface area contributed by atoms with Crippen molar-refractivity contribution >= 4 is 5.97 Å². The second-order valence-electron chi connectivity index (χ2n) is 5.10. The highest BCUT2D eigenvalue weighted by Gasteiger charge is 2.25. The number of aliphatic carboxylic acids is 1. The lowest BCUT2D eigenvalue weighted by Gasteiger charge is -2.30. The Kier molecular flexibility index (Phi) is 6.03. The van der Waals surface area contributed by atoms with Crippen LogP contribution in [-0.4, -0.2) is 29.1 Å². The normalized spacial score (nSPS) is 14.4. The molecule has 0 bridgehead atoms. The van der Waals surface area contributed by atoms with E-state index in [1.165, 1.54) is 11.1 Å². The van der Waals surface area contributed by atoms with Crippen molar-refractivity contribution in [2.24, 2.45) is 0 Å². The van der Waals surface area contributed by atoms with Crippen LogP contribution in [0.5, 0.6) is 0 Å². The van der Waals surface area contributed by atoms with E-state index < -0.39 is 12.0 Å². The van der Waals surface area contributed by atoms with Crippen molar-refractivity contribution in [1.82, 2.24) is 4.90 Å². The van der Waals surface area contributed by atoms with Crippen LogP contribution in [0.2, 0.25) is 0 Å². The molecule has 0 spiro atoms. The molecule has 106 valence electrons. The fraction of sp³-hybridized carbons (Fsp3) is 0.562. The number of likely N-dealkylation sites (N-methyl/N-ethyl adjacent to an activating group) is 1. The second kappa shape index (κ2) is 7.29. The molecule has 1 N–H and O–H groups in total. The van der Waals surface area contributed by atoms with Gasteiger partial charge in [0.15, 0.2) is 0 Å². The summed E-state index contributed by atoms with van der Waals surface area (Å²) in [5.74, 6) is -0.751. The van der Waals surface area contributed by atoms with E-state index in [1.54, 1.807) is 0 Å². The Hall–Kier alpha value is -1.35. The molecule has 1 aromatic carbocycles. The number of carboxylic acid groups (broad SMARTS) is 1. The molecule has 3 heteroatoms. The van der Waals surface area contributed by atoms with Gasteiger partial charge in [-0.25, -0.2) is 0 Å². The van der Waals surface area contributed by atoms with Gasteiger partial charge in [-0.05, 0) is 37.9 Å². The van der Waals surface area contributed by atoms with Crippen LogP contribution in [0.1, 0.15) is 50.8 Å². The van der Waals surface area contributed by atoms with Gasteiger partial charge in [-0.3, -0.25) is 9.69 Å². The Balaban J connectivity index is 2.81. The highest BCUT2D eigenvalue weighted by molar-refractivity contribution is 5.73. The molecule has 0 aromatic heterocycles. The molecule has 0 heterocycles. The standard InChI is InChI=1S/C16H25NO2/c1-5-7-13-8-10-14(11-9-13)12(3)17(4)15(6-2)16(18)19/h8-12,15H,5-7H2,1-4H3,(H,18,19). The Morgan fingerprint density at radius 3 is 2.26 bits per heavy atom. The second-order valence-corrected chi connectivity index (χ2v) is 5.10. The van der Waals surface area contributed by atoms with E-state index in [1.807, 2.05) is 18.9 Å². The van der Waals surface area contributed by atoms with Crippen LogP contribution >= 0.6 is 0 Å². The molecule has 0 saturated carbocycles. The van der Waals surface area contributed by atoms with Gasteiger partial charge in [0.2, 0.25) is 0 Å². The molecule has 0 aliphatic carbocycles. The lowest BCUT2D eigenvalue weighted by molar-refractivity contribution is -0.143. The molecule has 19 heavy (non-hydrogen) atoms. The largest absolute Gasteiger partial charge is 0.480 e. The molecule has 1 rings (SSSR count). The van der Waals surface area contributed by atoms with Gasteiger partial charge in [0.25, 0.3) is 0 Å². The van der Waals surface area contributed by atoms with Crippen molar-refractivity contribution < 1.29 is 9.90 Å². The molecule has 0 amide bonds. The molecular formula is C16H25NO2. The zero-order valence-electron chi connectivity index (χ0n) is 12.4. The van der Waals surface area contributed by atoms with E-state index in [4.69, 9.17) is 0 Å². The SMILES string of the molecule is CCCc1ccc(C(C)N(C)C(CC)C(=O)O)cc1. The van der Waals surface area contributed by atoms with Gasteiger partial charge in [-0.2, -0.15) is 0 Å². The number of rotatable bonds is 7.